The molecule has 2 bridgehead atoms. The van der Waals surface area contributed by atoms with Crippen LogP contribution in [0.2, 0.25) is 0 Å². The highest BCUT2D eigenvalue weighted by atomic mass is 16.4. The van der Waals surface area contributed by atoms with Gasteiger partial charge in [-0.15, -0.1) is 0 Å². The summed E-state index contributed by atoms with van der Waals surface area (Å²) in [7, 11) is 9.48. The van der Waals surface area contributed by atoms with Gasteiger partial charge in [0.2, 0.25) is 0 Å². The Kier molecular flexibility index (Phi) is 14.1. The standard InChI is InChI=1S/C55H98N10O2/c1-9-61-32-56(5)26-37-21-41(13-17-47(37)61)55(42-14-18-48-38(22-42)27-57(6)33-62(48)10-2,43-15-19-49-39(23-43)28-58(7)34-63(49)11-3)44-16-20-50-40(24-44)29-60-31-46-52(65(50)36-60)25-51-45(53(46)54(66)67)30-59(8)35-64(51)12-4/h37-53H,9-36H2,1-8H3,(H,66,67). The third-order valence-electron chi connectivity index (χ3n) is 22.8. The summed E-state index contributed by atoms with van der Waals surface area (Å²) in [5.74, 6) is 6.00. The van der Waals surface area contributed by atoms with Gasteiger partial charge in [0, 0.05) is 87.4 Å². The molecule has 380 valence electrons. The lowest BCUT2D eigenvalue weighted by molar-refractivity contribution is -0.195. The van der Waals surface area contributed by atoms with E-state index in [1.54, 1.807) is 0 Å². The lowest BCUT2D eigenvalue weighted by atomic mass is 9.42. The molecule has 1 N–H and O–H groups in total. The van der Waals surface area contributed by atoms with Gasteiger partial charge in [0.1, 0.15) is 0 Å². The van der Waals surface area contributed by atoms with Crippen molar-refractivity contribution < 1.29 is 9.90 Å². The van der Waals surface area contributed by atoms with Crippen molar-refractivity contribution in [3.05, 3.63) is 0 Å². The second-order valence-corrected chi connectivity index (χ2v) is 25.9. The van der Waals surface area contributed by atoms with E-state index in [0.29, 0.717) is 29.5 Å². The van der Waals surface area contributed by atoms with Gasteiger partial charge in [-0.25, -0.2) is 0 Å². The van der Waals surface area contributed by atoms with Crippen LogP contribution in [0.4, 0.5) is 0 Å². The molecule has 19 atom stereocenters. The maximum absolute atomic E-state index is 13.5. The normalized spacial score (nSPS) is 48.5. The summed E-state index contributed by atoms with van der Waals surface area (Å²) in [4.78, 5) is 41.0. The molecule has 0 amide bonds. The molecular weight excluding hydrogens is 833 g/mol. The van der Waals surface area contributed by atoms with Gasteiger partial charge in [-0.1, -0.05) is 27.7 Å². The van der Waals surface area contributed by atoms with Crippen molar-refractivity contribution in [1.29, 1.82) is 0 Å². The monoisotopic (exact) mass is 931 g/mol. The second-order valence-electron chi connectivity index (χ2n) is 25.9. The Hall–Kier alpha value is -0.930. The van der Waals surface area contributed by atoms with E-state index in [-0.39, 0.29) is 17.8 Å². The molecule has 0 radical (unpaired) electrons. The average molecular weight is 931 g/mol. The van der Waals surface area contributed by atoms with E-state index in [1.165, 1.54) is 129 Å². The van der Waals surface area contributed by atoms with Crippen molar-refractivity contribution in [2.45, 2.75) is 147 Å². The zero-order valence-corrected chi connectivity index (χ0v) is 43.9. The summed E-state index contributed by atoms with van der Waals surface area (Å²) in [5, 5.41) is 11.1. The highest BCUT2D eigenvalue weighted by Gasteiger charge is 2.63. The second kappa shape index (κ2) is 19.5. The molecule has 0 aromatic heterocycles. The van der Waals surface area contributed by atoms with Crippen LogP contribution in [-0.2, 0) is 4.79 Å². The van der Waals surface area contributed by atoms with E-state index >= 15 is 0 Å². The number of carboxylic acids is 1. The molecule has 6 aliphatic heterocycles. The predicted octanol–water partition coefficient (Wildman–Crippen LogP) is 5.67. The van der Waals surface area contributed by atoms with Crippen LogP contribution in [-0.4, -0.2) is 223 Å². The Morgan fingerprint density at radius 3 is 1.22 bits per heavy atom. The third kappa shape index (κ3) is 8.45. The highest BCUT2D eigenvalue weighted by molar-refractivity contribution is 5.71. The van der Waals surface area contributed by atoms with E-state index in [4.69, 9.17) is 0 Å². The van der Waals surface area contributed by atoms with Gasteiger partial charge < -0.3 is 5.11 Å². The molecule has 6 heterocycles. The van der Waals surface area contributed by atoms with Gasteiger partial charge in [-0.05, 0) is 191 Å². The van der Waals surface area contributed by atoms with Crippen LogP contribution in [0.25, 0.3) is 0 Å². The van der Waals surface area contributed by atoms with Crippen molar-refractivity contribution in [2.24, 2.45) is 70.5 Å². The highest BCUT2D eigenvalue weighted by Crippen LogP contribution is 2.66. The number of aliphatic carboxylic acids is 1. The molecule has 67 heavy (non-hydrogen) atoms. The van der Waals surface area contributed by atoms with Crippen molar-refractivity contribution in [3.8, 4) is 0 Å². The molecule has 5 aliphatic carbocycles. The summed E-state index contributed by atoms with van der Waals surface area (Å²) >= 11 is 0. The van der Waals surface area contributed by atoms with Crippen LogP contribution >= 0.6 is 0 Å². The fourth-order valence-electron chi connectivity index (χ4n) is 20.8. The summed E-state index contributed by atoms with van der Waals surface area (Å²) in [5.41, 5.74) is 0.390. The van der Waals surface area contributed by atoms with E-state index in [9.17, 15) is 9.90 Å². The molecule has 19 unspecified atom stereocenters. The van der Waals surface area contributed by atoms with E-state index in [0.717, 1.165) is 113 Å². The van der Waals surface area contributed by atoms with Gasteiger partial charge in [0.25, 0.3) is 0 Å². The van der Waals surface area contributed by atoms with Crippen molar-refractivity contribution in [2.75, 3.05) is 127 Å². The van der Waals surface area contributed by atoms with Crippen LogP contribution in [0, 0.1) is 70.5 Å². The Bertz CT molecular complexity index is 1610. The first-order chi connectivity index (χ1) is 32.4. The van der Waals surface area contributed by atoms with Crippen molar-refractivity contribution >= 4 is 5.97 Å². The molecule has 11 aliphatic rings. The van der Waals surface area contributed by atoms with Gasteiger partial charge in [0.15, 0.2) is 0 Å². The lowest BCUT2D eigenvalue weighted by Gasteiger charge is -2.67. The van der Waals surface area contributed by atoms with Crippen LogP contribution in [0.3, 0.4) is 0 Å². The summed E-state index contributed by atoms with van der Waals surface area (Å²) in [6, 6.07) is 3.66. The van der Waals surface area contributed by atoms with Crippen LogP contribution in [0.5, 0.6) is 0 Å². The molecule has 12 heteroatoms. The summed E-state index contributed by atoms with van der Waals surface area (Å²) in [6.07, 6.45) is 18.3. The van der Waals surface area contributed by atoms with Crippen molar-refractivity contribution in [1.82, 2.24) is 49.0 Å². The lowest BCUT2D eigenvalue weighted by Crippen LogP contribution is -2.73. The van der Waals surface area contributed by atoms with Crippen LogP contribution in [0.1, 0.15) is 111 Å². The van der Waals surface area contributed by atoms with Gasteiger partial charge in [-0.3, -0.25) is 53.8 Å². The zero-order valence-electron chi connectivity index (χ0n) is 43.9. The first-order valence-corrected chi connectivity index (χ1v) is 28.8. The zero-order chi connectivity index (χ0) is 46.5. The van der Waals surface area contributed by atoms with Gasteiger partial charge in [0.05, 0.1) is 39.3 Å². The molecule has 0 aromatic rings. The number of carbonyl (C=O) groups is 1. The molecule has 12 nitrogen and oxygen atoms in total. The Morgan fingerprint density at radius 2 is 0.806 bits per heavy atom. The average Bonchev–Trinajstić information content (AvgIpc) is 3.31. The molecule has 11 rings (SSSR count). The minimum atomic E-state index is -0.522. The first kappa shape index (κ1) is 48.3. The summed E-state index contributed by atoms with van der Waals surface area (Å²) in [6.45, 7) is 26.6. The number of rotatable bonds is 9. The van der Waals surface area contributed by atoms with Gasteiger partial charge in [-0.2, -0.15) is 0 Å². The number of carboxylic acid groups (broad SMARTS) is 1. The number of fused-ring (bicyclic) bond motifs is 10. The fourth-order valence-corrected chi connectivity index (χ4v) is 20.8. The molecular formula is C55H98N10O2. The SMILES string of the molecule is CCN1CN(C)CC2CC(C(C3CCC4C(C3)CN(C)CN4CC)(C3CCC4C(C3)CN(C)CN4CC)C3CCC4C(C3)CN3CC5C(C(=O)O)C6CN(C)CN(CC)C6CC5N4C3)CCC21. The smallest absolute Gasteiger partial charge is 0.307 e. The maximum Gasteiger partial charge on any atom is 0.307 e. The molecule has 11 fully saturated rings. The van der Waals surface area contributed by atoms with Crippen molar-refractivity contribution in [3.63, 3.8) is 0 Å². The van der Waals surface area contributed by atoms with E-state index in [1.807, 2.05) is 0 Å². The minimum absolute atomic E-state index is 0.223. The van der Waals surface area contributed by atoms with E-state index in [2.05, 4.69) is 105 Å². The molecule has 6 saturated heterocycles. The number of hydrogen-bond donors (Lipinski definition) is 1. The summed E-state index contributed by atoms with van der Waals surface area (Å²) < 4.78 is 0. The molecule has 0 spiro atoms. The number of nitrogens with zero attached hydrogens (tertiary/aromatic N) is 10. The molecule has 5 saturated carbocycles. The van der Waals surface area contributed by atoms with Crippen LogP contribution < -0.4 is 0 Å². The predicted molar refractivity (Wildman–Crippen MR) is 269 cm³/mol. The Balaban J connectivity index is 0.962. The Labute approximate surface area is 408 Å². The number of hydrogen-bond acceptors (Lipinski definition) is 11. The van der Waals surface area contributed by atoms with E-state index < -0.39 is 5.97 Å². The quantitative estimate of drug-likeness (QED) is 0.310. The fraction of sp³-hybridized carbons (Fsp3) is 0.982. The third-order valence-corrected chi connectivity index (χ3v) is 22.8. The van der Waals surface area contributed by atoms with Crippen LogP contribution in [0.15, 0.2) is 0 Å². The first-order valence-electron chi connectivity index (χ1n) is 28.8. The Morgan fingerprint density at radius 1 is 0.433 bits per heavy atom. The topological polar surface area (TPSA) is 69.7 Å². The maximum atomic E-state index is 13.5. The van der Waals surface area contributed by atoms with Gasteiger partial charge >= 0.3 is 5.97 Å². The minimum Gasteiger partial charge on any atom is -0.481 e. The molecule has 0 aromatic carbocycles. The largest absolute Gasteiger partial charge is 0.481 e.